The van der Waals surface area contributed by atoms with Crippen LogP contribution in [0.1, 0.15) is 12.8 Å². The van der Waals surface area contributed by atoms with E-state index in [1.54, 1.807) is 0 Å². The van der Waals surface area contributed by atoms with Crippen LogP contribution < -0.4 is 5.32 Å². The minimum Gasteiger partial charge on any atom is -0.481 e. The second kappa shape index (κ2) is 5.07. The molecule has 3 rings (SSSR count). The number of halogens is 2. The first-order valence-electron chi connectivity index (χ1n) is 6.61. The molecule has 2 heterocycles. The summed E-state index contributed by atoms with van der Waals surface area (Å²) in [4.78, 5) is 23.5. The van der Waals surface area contributed by atoms with E-state index in [0.29, 0.717) is 12.8 Å². The predicted molar refractivity (Wildman–Crippen MR) is 67.5 cm³/mol. The highest BCUT2D eigenvalue weighted by Gasteiger charge is 2.55. The highest BCUT2D eigenvalue weighted by molar-refractivity contribution is 5.96. The summed E-state index contributed by atoms with van der Waals surface area (Å²) in [6.07, 6.45) is 0.371. The third-order valence-corrected chi connectivity index (χ3v) is 4.05. The average molecular weight is 297 g/mol. The molecule has 0 saturated carbocycles. The topological polar surface area (TPSA) is 75.6 Å². The Labute approximate surface area is 118 Å². The maximum Gasteiger partial charge on any atom is 0.310 e. The lowest BCUT2D eigenvalue weighted by molar-refractivity contribution is -0.147. The summed E-state index contributed by atoms with van der Waals surface area (Å²) >= 11 is 0. The van der Waals surface area contributed by atoms with Crippen LogP contribution in [-0.2, 0) is 14.3 Å². The normalized spacial score (nSPS) is 30.4. The molecule has 2 N–H and O–H groups in total. The van der Waals surface area contributed by atoms with Crippen LogP contribution in [0.2, 0.25) is 0 Å². The molecule has 1 aromatic carbocycles. The molecule has 0 aliphatic carbocycles. The lowest BCUT2D eigenvalue weighted by Crippen LogP contribution is -2.40. The van der Waals surface area contributed by atoms with Gasteiger partial charge in [-0.2, -0.15) is 0 Å². The van der Waals surface area contributed by atoms with Crippen molar-refractivity contribution in [2.24, 2.45) is 11.8 Å². The van der Waals surface area contributed by atoms with Crippen molar-refractivity contribution in [3.05, 3.63) is 29.8 Å². The number of fused-ring (bicyclic) bond motifs is 2. The zero-order chi connectivity index (χ0) is 15.1. The molecule has 4 atom stereocenters. The van der Waals surface area contributed by atoms with Crippen molar-refractivity contribution in [2.75, 3.05) is 5.32 Å². The highest BCUT2D eigenvalue weighted by Crippen LogP contribution is 2.44. The summed E-state index contributed by atoms with van der Waals surface area (Å²) < 4.78 is 31.4. The summed E-state index contributed by atoms with van der Waals surface area (Å²) in [6, 6.07) is 2.98. The molecule has 0 spiro atoms. The predicted octanol–water partition coefficient (Wildman–Crippen LogP) is 1.78. The number of carboxylic acids is 1. The molecule has 2 bridgehead atoms. The van der Waals surface area contributed by atoms with Gasteiger partial charge >= 0.3 is 5.97 Å². The fraction of sp³-hybridized carbons (Fsp3) is 0.429. The van der Waals surface area contributed by atoms with E-state index in [4.69, 9.17) is 4.74 Å². The molecule has 2 fully saturated rings. The minimum absolute atomic E-state index is 0.0887. The number of rotatable bonds is 3. The van der Waals surface area contributed by atoms with Crippen molar-refractivity contribution in [3.8, 4) is 0 Å². The number of anilines is 1. The fourth-order valence-electron chi connectivity index (χ4n) is 3.12. The Morgan fingerprint density at radius 2 is 1.81 bits per heavy atom. The van der Waals surface area contributed by atoms with Gasteiger partial charge in [0.15, 0.2) is 11.6 Å². The van der Waals surface area contributed by atoms with Gasteiger partial charge in [0.1, 0.15) is 0 Å². The van der Waals surface area contributed by atoms with Crippen molar-refractivity contribution >= 4 is 17.6 Å². The Morgan fingerprint density at radius 1 is 1.14 bits per heavy atom. The summed E-state index contributed by atoms with van der Waals surface area (Å²) in [5.74, 6) is -5.41. The molecule has 2 saturated heterocycles. The summed E-state index contributed by atoms with van der Waals surface area (Å²) in [5.41, 5.74) is 0.0887. The minimum atomic E-state index is -1.08. The number of nitrogens with one attached hydrogen (secondary N) is 1. The van der Waals surface area contributed by atoms with Gasteiger partial charge in [-0.3, -0.25) is 9.59 Å². The van der Waals surface area contributed by atoms with Crippen LogP contribution in [0.3, 0.4) is 0 Å². The van der Waals surface area contributed by atoms with Gasteiger partial charge in [0.25, 0.3) is 0 Å². The molecule has 5 nitrogen and oxygen atoms in total. The molecule has 112 valence electrons. The van der Waals surface area contributed by atoms with E-state index in [-0.39, 0.29) is 5.69 Å². The third-order valence-electron chi connectivity index (χ3n) is 4.05. The molecule has 1 aromatic rings. The van der Waals surface area contributed by atoms with Crippen molar-refractivity contribution in [2.45, 2.75) is 25.0 Å². The molecule has 0 aromatic heterocycles. The Balaban J connectivity index is 1.78. The second-order valence-corrected chi connectivity index (χ2v) is 5.30. The number of hydrogen-bond donors (Lipinski definition) is 2. The number of amides is 1. The van der Waals surface area contributed by atoms with Gasteiger partial charge in [0, 0.05) is 11.8 Å². The summed E-state index contributed by atoms with van der Waals surface area (Å²) in [7, 11) is 0. The van der Waals surface area contributed by atoms with E-state index < -0.39 is 47.6 Å². The molecule has 1 amide bonds. The maximum absolute atomic E-state index is 13.1. The molecule has 0 radical (unpaired) electrons. The monoisotopic (exact) mass is 297 g/mol. The van der Waals surface area contributed by atoms with Gasteiger partial charge in [0.05, 0.1) is 24.0 Å². The molecule has 0 unspecified atom stereocenters. The van der Waals surface area contributed by atoms with Gasteiger partial charge in [0.2, 0.25) is 5.91 Å². The van der Waals surface area contributed by atoms with Gasteiger partial charge in [-0.1, -0.05) is 0 Å². The third kappa shape index (κ3) is 2.37. The van der Waals surface area contributed by atoms with Gasteiger partial charge in [-0.15, -0.1) is 0 Å². The number of benzene rings is 1. The second-order valence-electron chi connectivity index (χ2n) is 5.30. The Morgan fingerprint density at radius 3 is 2.43 bits per heavy atom. The van der Waals surface area contributed by atoms with Crippen LogP contribution in [0.4, 0.5) is 14.5 Å². The van der Waals surface area contributed by atoms with Crippen LogP contribution in [0, 0.1) is 23.5 Å². The van der Waals surface area contributed by atoms with Crippen LogP contribution in [0.5, 0.6) is 0 Å². The van der Waals surface area contributed by atoms with E-state index in [1.807, 2.05) is 0 Å². The van der Waals surface area contributed by atoms with Crippen molar-refractivity contribution < 1.29 is 28.2 Å². The van der Waals surface area contributed by atoms with Crippen LogP contribution in [0.15, 0.2) is 18.2 Å². The highest BCUT2D eigenvalue weighted by atomic mass is 19.2. The smallest absolute Gasteiger partial charge is 0.310 e. The van der Waals surface area contributed by atoms with E-state index in [2.05, 4.69) is 5.32 Å². The lowest BCUT2D eigenvalue weighted by atomic mass is 9.78. The van der Waals surface area contributed by atoms with Gasteiger partial charge < -0.3 is 15.2 Å². The SMILES string of the molecule is O=C(O)[C@@H]1[C@H](C(=O)Nc2ccc(F)c(F)c2)[C@H]2CC[C@H]1O2. The molecule has 7 heteroatoms. The number of hydrogen-bond acceptors (Lipinski definition) is 3. The van der Waals surface area contributed by atoms with Gasteiger partial charge in [-0.05, 0) is 25.0 Å². The summed E-state index contributed by atoms with van der Waals surface area (Å²) in [6.45, 7) is 0. The molecule has 2 aliphatic rings. The largest absolute Gasteiger partial charge is 0.481 e. The number of ether oxygens (including phenoxy) is 1. The van der Waals surface area contributed by atoms with Crippen LogP contribution in [-0.4, -0.2) is 29.2 Å². The molecular weight excluding hydrogens is 284 g/mol. The Hall–Kier alpha value is -2.02. The molecule has 2 aliphatic heterocycles. The maximum atomic E-state index is 13.1. The first-order chi connectivity index (χ1) is 9.97. The zero-order valence-corrected chi connectivity index (χ0v) is 10.9. The number of aliphatic carboxylic acids is 1. The standard InChI is InChI=1S/C14H13F2NO4/c15-7-2-1-6(5-8(7)16)17-13(18)11-9-3-4-10(21-9)12(11)14(19)20/h1-2,5,9-12H,3-4H2,(H,17,18)(H,19,20)/t9-,10-,11-,12+/m1/s1. The Bertz CT molecular complexity index is 607. The number of carbonyl (C=O) groups excluding carboxylic acids is 1. The van der Waals surface area contributed by atoms with Crippen molar-refractivity contribution in [3.63, 3.8) is 0 Å². The zero-order valence-electron chi connectivity index (χ0n) is 10.9. The fourth-order valence-corrected chi connectivity index (χ4v) is 3.12. The Kier molecular flexibility index (Phi) is 3.36. The summed E-state index contributed by atoms with van der Waals surface area (Å²) in [5, 5.41) is 11.7. The van der Waals surface area contributed by atoms with Crippen molar-refractivity contribution in [1.82, 2.24) is 0 Å². The van der Waals surface area contributed by atoms with E-state index in [1.165, 1.54) is 6.07 Å². The average Bonchev–Trinajstić information content (AvgIpc) is 3.03. The van der Waals surface area contributed by atoms with E-state index >= 15 is 0 Å². The first kappa shape index (κ1) is 13.9. The van der Waals surface area contributed by atoms with E-state index in [9.17, 15) is 23.5 Å². The van der Waals surface area contributed by atoms with Crippen LogP contribution in [0.25, 0.3) is 0 Å². The quantitative estimate of drug-likeness (QED) is 0.891. The molecule has 21 heavy (non-hydrogen) atoms. The van der Waals surface area contributed by atoms with E-state index in [0.717, 1.165) is 12.1 Å². The van der Waals surface area contributed by atoms with Crippen molar-refractivity contribution in [1.29, 1.82) is 0 Å². The number of carbonyl (C=O) groups is 2. The van der Waals surface area contributed by atoms with Crippen LogP contribution >= 0.6 is 0 Å². The first-order valence-corrected chi connectivity index (χ1v) is 6.61. The molecular formula is C14H13F2NO4. The van der Waals surface area contributed by atoms with Gasteiger partial charge in [-0.25, -0.2) is 8.78 Å². The number of carboxylic acid groups (broad SMARTS) is 1. The lowest BCUT2D eigenvalue weighted by Gasteiger charge is -2.23.